The summed E-state index contributed by atoms with van der Waals surface area (Å²) < 4.78 is 5.32. The van der Waals surface area contributed by atoms with Gasteiger partial charge in [0.05, 0.1) is 11.8 Å². The number of phenolic OH excluding ortho intramolecular Hbond substituents is 1. The largest absolute Gasteiger partial charge is 0.507 e. The third-order valence-electron chi connectivity index (χ3n) is 3.59. The van der Waals surface area contributed by atoms with E-state index in [9.17, 15) is 9.90 Å². The van der Waals surface area contributed by atoms with E-state index in [0.717, 1.165) is 10.8 Å². The van der Waals surface area contributed by atoms with E-state index in [0.29, 0.717) is 22.6 Å². The maximum absolute atomic E-state index is 12.1. The van der Waals surface area contributed by atoms with Gasteiger partial charge in [-0.1, -0.05) is 30.3 Å². The normalized spacial score (nSPS) is 11.2. The molecule has 0 aliphatic carbocycles. The number of carbonyl (C=O) groups is 1. The Hall–Kier alpha value is -3.08. The maximum Gasteiger partial charge on any atom is 0.274 e. The van der Waals surface area contributed by atoms with Crippen LogP contribution in [0.3, 0.4) is 0 Å². The second-order valence-electron chi connectivity index (χ2n) is 5.25. The number of benzene rings is 2. The Kier molecular flexibility index (Phi) is 3.85. The Bertz CT molecular complexity index is 910. The van der Waals surface area contributed by atoms with E-state index in [-0.39, 0.29) is 11.7 Å². The second kappa shape index (κ2) is 5.96. The van der Waals surface area contributed by atoms with E-state index in [1.807, 2.05) is 30.3 Å². The molecule has 5 nitrogen and oxygen atoms in total. The summed E-state index contributed by atoms with van der Waals surface area (Å²) in [6, 6.07) is 12.7. The summed E-state index contributed by atoms with van der Waals surface area (Å²) >= 11 is 0. The first-order chi connectivity index (χ1) is 11.1. The molecule has 5 heteroatoms. The van der Waals surface area contributed by atoms with Crippen molar-refractivity contribution in [3.8, 4) is 5.75 Å². The first-order valence-corrected chi connectivity index (χ1v) is 7.17. The fraction of sp³-hybridized carbons (Fsp3) is 0.111. The van der Waals surface area contributed by atoms with E-state index in [4.69, 9.17) is 4.42 Å². The predicted octanol–water partition coefficient (Wildman–Crippen LogP) is 3.52. The lowest BCUT2D eigenvalue weighted by atomic mass is 10.0. The van der Waals surface area contributed by atoms with Gasteiger partial charge in [0.2, 0.25) is 0 Å². The van der Waals surface area contributed by atoms with Crippen LogP contribution in [-0.4, -0.2) is 17.2 Å². The highest BCUT2D eigenvalue weighted by molar-refractivity contribution is 6.03. The van der Waals surface area contributed by atoms with Crippen LogP contribution in [0.5, 0.6) is 5.75 Å². The lowest BCUT2D eigenvalue weighted by Gasteiger charge is -2.04. The van der Waals surface area contributed by atoms with Gasteiger partial charge >= 0.3 is 0 Å². The molecule has 0 bridgehead atoms. The molecule has 1 aromatic heterocycles. The molecule has 0 spiro atoms. The van der Waals surface area contributed by atoms with Crippen molar-refractivity contribution in [1.82, 2.24) is 5.43 Å². The summed E-state index contributed by atoms with van der Waals surface area (Å²) in [7, 11) is 0. The average molecular weight is 308 g/mol. The van der Waals surface area contributed by atoms with E-state index in [2.05, 4.69) is 10.5 Å². The standard InChI is InChI=1S/C18H16N2O3/c1-11-9-15(12(2)23-11)18(22)20-19-10-16-14-6-4-3-5-13(14)7-8-17(16)21/h3-10,21H,1-2H3,(H,20,22)/b19-10-. The number of carbonyl (C=O) groups excluding carboxylic acids is 1. The van der Waals surface area contributed by atoms with Crippen LogP contribution >= 0.6 is 0 Å². The summed E-state index contributed by atoms with van der Waals surface area (Å²) in [6.45, 7) is 3.50. The molecule has 0 aliphatic heterocycles. The van der Waals surface area contributed by atoms with Gasteiger partial charge in [-0.3, -0.25) is 4.79 Å². The number of hydrogen-bond donors (Lipinski definition) is 2. The van der Waals surface area contributed by atoms with Gasteiger partial charge in [0.25, 0.3) is 5.91 Å². The van der Waals surface area contributed by atoms with E-state index < -0.39 is 0 Å². The highest BCUT2D eigenvalue weighted by atomic mass is 16.3. The number of nitrogens with one attached hydrogen (secondary N) is 1. The van der Waals surface area contributed by atoms with E-state index in [1.54, 1.807) is 26.0 Å². The molecular formula is C18H16N2O3. The maximum atomic E-state index is 12.1. The minimum atomic E-state index is -0.352. The molecular weight excluding hydrogens is 292 g/mol. The summed E-state index contributed by atoms with van der Waals surface area (Å²) in [4.78, 5) is 12.1. The van der Waals surface area contributed by atoms with Crippen LogP contribution < -0.4 is 5.43 Å². The number of hydrazone groups is 1. The molecule has 3 rings (SSSR count). The fourth-order valence-corrected chi connectivity index (χ4v) is 2.49. The van der Waals surface area contributed by atoms with Crippen molar-refractivity contribution in [2.24, 2.45) is 5.10 Å². The summed E-state index contributed by atoms with van der Waals surface area (Å²) in [5.41, 5.74) is 3.46. The minimum Gasteiger partial charge on any atom is -0.507 e. The SMILES string of the molecule is Cc1cc(C(=O)N/N=C\c2c(O)ccc3ccccc23)c(C)o1. The molecule has 0 atom stereocenters. The monoisotopic (exact) mass is 308 g/mol. The number of phenols is 1. The van der Waals surface area contributed by atoms with E-state index in [1.165, 1.54) is 6.21 Å². The van der Waals surface area contributed by atoms with Crippen LogP contribution in [0.4, 0.5) is 0 Å². The van der Waals surface area contributed by atoms with Crippen molar-refractivity contribution in [3.05, 3.63) is 65.1 Å². The fourth-order valence-electron chi connectivity index (χ4n) is 2.49. The van der Waals surface area contributed by atoms with Gasteiger partial charge in [-0.05, 0) is 36.8 Å². The molecule has 0 fully saturated rings. The molecule has 0 aliphatic rings. The van der Waals surface area contributed by atoms with Gasteiger partial charge < -0.3 is 9.52 Å². The van der Waals surface area contributed by atoms with Crippen LogP contribution in [0.1, 0.15) is 27.4 Å². The number of rotatable bonds is 3. The number of aromatic hydroxyl groups is 1. The molecule has 0 saturated heterocycles. The molecule has 1 amide bonds. The van der Waals surface area contributed by atoms with Crippen LogP contribution in [0, 0.1) is 13.8 Å². The number of amides is 1. The van der Waals surface area contributed by atoms with E-state index >= 15 is 0 Å². The third-order valence-corrected chi connectivity index (χ3v) is 3.59. The number of fused-ring (bicyclic) bond motifs is 1. The zero-order chi connectivity index (χ0) is 16.4. The zero-order valence-corrected chi connectivity index (χ0v) is 12.8. The number of nitrogens with zero attached hydrogens (tertiary/aromatic N) is 1. The highest BCUT2D eigenvalue weighted by Gasteiger charge is 2.12. The quantitative estimate of drug-likeness (QED) is 0.574. The Balaban J connectivity index is 1.85. The van der Waals surface area contributed by atoms with Crippen LogP contribution in [0.25, 0.3) is 10.8 Å². The van der Waals surface area contributed by atoms with Crippen LogP contribution in [0.15, 0.2) is 52.0 Å². The summed E-state index contributed by atoms with van der Waals surface area (Å²) in [5.74, 6) is 0.971. The first-order valence-electron chi connectivity index (χ1n) is 7.17. The molecule has 23 heavy (non-hydrogen) atoms. The molecule has 0 unspecified atom stereocenters. The number of aryl methyl sites for hydroxylation is 2. The molecule has 2 aromatic carbocycles. The highest BCUT2D eigenvalue weighted by Crippen LogP contribution is 2.25. The van der Waals surface area contributed by atoms with Crippen molar-refractivity contribution in [1.29, 1.82) is 0 Å². The summed E-state index contributed by atoms with van der Waals surface area (Å²) in [6.07, 6.45) is 1.44. The zero-order valence-electron chi connectivity index (χ0n) is 12.8. The van der Waals surface area contributed by atoms with Gasteiger partial charge in [0.15, 0.2) is 0 Å². The second-order valence-corrected chi connectivity index (χ2v) is 5.25. The number of hydrogen-bond acceptors (Lipinski definition) is 4. The lowest BCUT2D eigenvalue weighted by Crippen LogP contribution is -2.17. The van der Waals surface area contributed by atoms with Crippen molar-refractivity contribution in [2.45, 2.75) is 13.8 Å². The lowest BCUT2D eigenvalue weighted by molar-refractivity contribution is 0.0953. The van der Waals surface area contributed by atoms with Crippen molar-refractivity contribution in [3.63, 3.8) is 0 Å². The van der Waals surface area contributed by atoms with Crippen LogP contribution in [0.2, 0.25) is 0 Å². The first kappa shape index (κ1) is 14.8. The van der Waals surface area contributed by atoms with Gasteiger partial charge in [-0.15, -0.1) is 0 Å². The van der Waals surface area contributed by atoms with Crippen molar-refractivity contribution < 1.29 is 14.3 Å². The molecule has 1 heterocycles. The molecule has 0 saturated carbocycles. The van der Waals surface area contributed by atoms with Crippen LogP contribution in [-0.2, 0) is 0 Å². The topological polar surface area (TPSA) is 74.8 Å². The molecule has 0 radical (unpaired) electrons. The average Bonchev–Trinajstić information content (AvgIpc) is 2.88. The Morgan fingerprint density at radius 3 is 2.74 bits per heavy atom. The minimum absolute atomic E-state index is 0.108. The van der Waals surface area contributed by atoms with Gasteiger partial charge in [-0.25, -0.2) is 5.43 Å². The Labute approximate surface area is 133 Å². The van der Waals surface area contributed by atoms with Crippen molar-refractivity contribution in [2.75, 3.05) is 0 Å². The smallest absolute Gasteiger partial charge is 0.274 e. The molecule has 3 aromatic rings. The number of furan rings is 1. The Morgan fingerprint density at radius 2 is 2.00 bits per heavy atom. The molecule has 116 valence electrons. The Morgan fingerprint density at radius 1 is 1.22 bits per heavy atom. The van der Waals surface area contributed by atoms with Gasteiger partial charge in [0, 0.05) is 5.56 Å². The molecule has 2 N–H and O–H groups in total. The van der Waals surface area contributed by atoms with Gasteiger partial charge in [0.1, 0.15) is 17.3 Å². The van der Waals surface area contributed by atoms with Gasteiger partial charge in [-0.2, -0.15) is 5.10 Å². The third kappa shape index (κ3) is 2.94. The van der Waals surface area contributed by atoms with Crippen molar-refractivity contribution >= 4 is 22.9 Å². The predicted molar refractivity (Wildman–Crippen MR) is 88.9 cm³/mol. The summed E-state index contributed by atoms with van der Waals surface area (Å²) in [5, 5.41) is 15.8.